The molecule has 1 heterocycles. The summed E-state index contributed by atoms with van der Waals surface area (Å²) in [6.45, 7) is 4.31. The van der Waals surface area contributed by atoms with E-state index in [0.717, 1.165) is 12.5 Å². The third-order valence-corrected chi connectivity index (χ3v) is 3.85. The van der Waals surface area contributed by atoms with Crippen molar-refractivity contribution in [1.29, 1.82) is 0 Å². The van der Waals surface area contributed by atoms with Gasteiger partial charge in [0.2, 0.25) is 0 Å². The molecule has 2 rings (SSSR count). The molecule has 0 saturated heterocycles. The summed E-state index contributed by atoms with van der Waals surface area (Å²) >= 11 is 0. The third kappa shape index (κ3) is 4.06. The number of imidazole rings is 1. The number of hydrogen-bond donors (Lipinski definition) is 2. The van der Waals surface area contributed by atoms with Crippen molar-refractivity contribution in [3.8, 4) is 0 Å². The second kappa shape index (κ2) is 6.70. The minimum Gasteiger partial charge on any atom is -0.350 e. The van der Waals surface area contributed by atoms with Crippen LogP contribution in [0.1, 0.15) is 43.1 Å². The molecule has 0 aliphatic heterocycles. The SMILES string of the molecule is CC1CCCC(CNC(=O)c2cn(CCN)cn2)C1. The third-order valence-electron chi connectivity index (χ3n) is 3.85. The molecule has 0 bridgehead atoms. The Labute approximate surface area is 114 Å². The Morgan fingerprint density at radius 2 is 2.42 bits per heavy atom. The van der Waals surface area contributed by atoms with E-state index < -0.39 is 0 Å². The number of amides is 1. The van der Waals surface area contributed by atoms with Crippen LogP contribution >= 0.6 is 0 Å². The first-order chi connectivity index (χ1) is 9.19. The normalized spacial score (nSPS) is 23.3. The van der Waals surface area contributed by atoms with E-state index in [1.807, 2.05) is 4.57 Å². The molecule has 1 aliphatic rings. The van der Waals surface area contributed by atoms with E-state index in [9.17, 15) is 4.79 Å². The van der Waals surface area contributed by atoms with Gasteiger partial charge in [0.15, 0.2) is 0 Å². The molecule has 5 heteroatoms. The summed E-state index contributed by atoms with van der Waals surface area (Å²) in [5.41, 5.74) is 5.95. The van der Waals surface area contributed by atoms with Gasteiger partial charge in [-0.1, -0.05) is 19.8 Å². The second-order valence-corrected chi connectivity index (χ2v) is 5.63. The first kappa shape index (κ1) is 14.1. The average Bonchev–Trinajstić information content (AvgIpc) is 2.85. The number of nitrogens with zero attached hydrogens (tertiary/aromatic N) is 2. The summed E-state index contributed by atoms with van der Waals surface area (Å²) in [4.78, 5) is 16.1. The van der Waals surface area contributed by atoms with Gasteiger partial charge in [-0.25, -0.2) is 4.98 Å². The van der Waals surface area contributed by atoms with Gasteiger partial charge in [0, 0.05) is 25.8 Å². The molecule has 1 aromatic rings. The van der Waals surface area contributed by atoms with Gasteiger partial charge in [0.1, 0.15) is 5.69 Å². The predicted molar refractivity (Wildman–Crippen MR) is 74.7 cm³/mol. The fraction of sp³-hybridized carbons (Fsp3) is 0.714. The molecule has 1 amide bonds. The molecule has 1 aliphatic carbocycles. The molecule has 19 heavy (non-hydrogen) atoms. The highest BCUT2D eigenvalue weighted by molar-refractivity contribution is 5.91. The Hall–Kier alpha value is -1.36. The van der Waals surface area contributed by atoms with Gasteiger partial charge in [-0.3, -0.25) is 4.79 Å². The molecule has 2 unspecified atom stereocenters. The Balaban J connectivity index is 1.79. The van der Waals surface area contributed by atoms with Crippen LogP contribution in [0, 0.1) is 11.8 Å². The van der Waals surface area contributed by atoms with Crippen LogP contribution in [0.25, 0.3) is 0 Å². The minimum atomic E-state index is -0.0750. The van der Waals surface area contributed by atoms with E-state index in [2.05, 4.69) is 17.2 Å². The summed E-state index contributed by atoms with van der Waals surface area (Å²) in [5.74, 6) is 1.34. The lowest BCUT2D eigenvalue weighted by molar-refractivity contribution is 0.0936. The van der Waals surface area contributed by atoms with Gasteiger partial charge in [0.25, 0.3) is 5.91 Å². The highest BCUT2D eigenvalue weighted by Gasteiger charge is 2.19. The molecule has 2 atom stereocenters. The van der Waals surface area contributed by atoms with Crippen molar-refractivity contribution in [3.63, 3.8) is 0 Å². The zero-order valence-electron chi connectivity index (χ0n) is 11.6. The van der Waals surface area contributed by atoms with Crippen LogP contribution in [0.3, 0.4) is 0 Å². The van der Waals surface area contributed by atoms with Crippen molar-refractivity contribution in [3.05, 3.63) is 18.2 Å². The maximum absolute atomic E-state index is 12.0. The zero-order chi connectivity index (χ0) is 13.7. The fourth-order valence-corrected chi connectivity index (χ4v) is 2.82. The lowest BCUT2D eigenvalue weighted by Gasteiger charge is -2.26. The quantitative estimate of drug-likeness (QED) is 0.844. The Kier molecular flexibility index (Phi) is 4.96. The molecular weight excluding hydrogens is 240 g/mol. The van der Waals surface area contributed by atoms with Crippen molar-refractivity contribution < 1.29 is 4.79 Å². The average molecular weight is 264 g/mol. The van der Waals surface area contributed by atoms with E-state index >= 15 is 0 Å². The van der Waals surface area contributed by atoms with Gasteiger partial charge in [-0.15, -0.1) is 0 Å². The molecule has 1 fully saturated rings. The maximum Gasteiger partial charge on any atom is 0.271 e. The lowest BCUT2D eigenvalue weighted by atomic mass is 9.82. The van der Waals surface area contributed by atoms with Gasteiger partial charge in [0.05, 0.1) is 6.33 Å². The molecule has 106 valence electrons. The van der Waals surface area contributed by atoms with Crippen molar-refractivity contribution >= 4 is 5.91 Å². The Morgan fingerprint density at radius 3 is 3.16 bits per heavy atom. The molecule has 0 aromatic carbocycles. The number of nitrogens with one attached hydrogen (secondary N) is 1. The van der Waals surface area contributed by atoms with Gasteiger partial charge in [-0.05, 0) is 24.7 Å². The molecule has 0 spiro atoms. The van der Waals surface area contributed by atoms with Crippen molar-refractivity contribution in [1.82, 2.24) is 14.9 Å². The summed E-state index contributed by atoms with van der Waals surface area (Å²) in [6.07, 6.45) is 8.48. The predicted octanol–water partition coefficient (Wildman–Crippen LogP) is 1.40. The molecular formula is C14H24N4O. The highest BCUT2D eigenvalue weighted by atomic mass is 16.1. The molecule has 5 nitrogen and oxygen atoms in total. The lowest BCUT2D eigenvalue weighted by Crippen LogP contribution is -2.31. The highest BCUT2D eigenvalue weighted by Crippen LogP contribution is 2.27. The standard InChI is InChI=1S/C14H24N4O/c1-11-3-2-4-12(7-11)8-16-14(19)13-9-18(6-5-15)10-17-13/h9-12H,2-8,15H2,1H3,(H,16,19). The number of aromatic nitrogens is 2. The number of carbonyl (C=O) groups is 1. The molecule has 3 N–H and O–H groups in total. The molecule has 0 radical (unpaired) electrons. The Bertz CT molecular complexity index is 415. The van der Waals surface area contributed by atoms with Gasteiger partial charge >= 0.3 is 0 Å². The Morgan fingerprint density at radius 1 is 1.58 bits per heavy atom. The van der Waals surface area contributed by atoms with E-state index in [1.54, 1.807) is 12.5 Å². The van der Waals surface area contributed by atoms with Crippen LogP contribution in [-0.2, 0) is 6.54 Å². The van der Waals surface area contributed by atoms with Crippen molar-refractivity contribution in [2.75, 3.05) is 13.1 Å². The summed E-state index contributed by atoms with van der Waals surface area (Å²) in [7, 11) is 0. The summed E-state index contributed by atoms with van der Waals surface area (Å²) < 4.78 is 1.84. The van der Waals surface area contributed by atoms with Gasteiger partial charge < -0.3 is 15.6 Å². The van der Waals surface area contributed by atoms with Crippen LogP contribution in [0.5, 0.6) is 0 Å². The maximum atomic E-state index is 12.0. The van der Waals surface area contributed by atoms with Crippen LogP contribution in [0.4, 0.5) is 0 Å². The van der Waals surface area contributed by atoms with E-state index in [-0.39, 0.29) is 5.91 Å². The number of rotatable bonds is 5. The number of carbonyl (C=O) groups excluding carboxylic acids is 1. The summed E-state index contributed by atoms with van der Waals surface area (Å²) in [6, 6.07) is 0. The van der Waals surface area contributed by atoms with Gasteiger partial charge in [-0.2, -0.15) is 0 Å². The van der Waals surface area contributed by atoms with E-state index in [1.165, 1.54) is 25.7 Å². The first-order valence-electron chi connectivity index (χ1n) is 7.19. The van der Waals surface area contributed by atoms with Crippen LogP contribution in [0.15, 0.2) is 12.5 Å². The van der Waals surface area contributed by atoms with Crippen LogP contribution in [-0.4, -0.2) is 28.5 Å². The number of hydrogen-bond acceptors (Lipinski definition) is 3. The zero-order valence-corrected chi connectivity index (χ0v) is 11.6. The number of nitrogens with two attached hydrogens (primary N) is 1. The van der Waals surface area contributed by atoms with E-state index in [4.69, 9.17) is 5.73 Å². The molecule has 1 aromatic heterocycles. The first-order valence-corrected chi connectivity index (χ1v) is 7.19. The largest absolute Gasteiger partial charge is 0.350 e. The minimum absolute atomic E-state index is 0.0750. The van der Waals surface area contributed by atoms with Crippen LogP contribution < -0.4 is 11.1 Å². The fourth-order valence-electron chi connectivity index (χ4n) is 2.82. The monoisotopic (exact) mass is 264 g/mol. The van der Waals surface area contributed by atoms with E-state index in [0.29, 0.717) is 24.7 Å². The topological polar surface area (TPSA) is 72.9 Å². The van der Waals surface area contributed by atoms with Crippen molar-refractivity contribution in [2.24, 2.45) is 17.6 Å². The second-order valence-electron chi connectivity index (χ2n) is 5.63. The van der Waals surface area contributed by atoms with Crippen LogP contribution in [0.2, 0.25) is 0 Å². The smallest absolute Gasteiger partial charge is 0.271 e. The summed E-state index contributed by atoms with van der Waals surface area (Å²) in [5, 5.41) is 3.00. The molecule has 1 saturated carbocycles. The van der Waals surface area contributed by atoms with Crippen molar-refractivity contribution in [2.45, 2.75) is 39.2 Å².